The number of primary sulfonamides is 1. The van der Waals surface area contributed by atoms with E-state index in [1.54, 1.807) is 36.7 Å². The fourth-order valence-corrected chi connectivity index (χ4v) is 2.44. The van der Waals surface area contributed by atoms with Crippen molar-refractivity contribution in [1.29, 1.82) is 0 Å². The number of rotatable bonds is 4. The van der Waals surface area contributed by atoms with E-state index in [0.717, 1.165) is 12.1 Å². The Morgan fingerprint density at radius 3 is 1.55 bits per heavy atom. The Hall–Kier alpha value is -3.90. The van der Waals surface area contributed by atoms with Gasteiger partial charge in [0, 0.05) is 12.4 Å². The molecule has 0 fully saturated rings. The van der Waals surface area contributed by atoms with Gasteiger partial charge in [-0.25, -0.2) is 18.4 Å². The maximum absolute atomic E-state index is 10.7. The molecule has 166 valence electrons. The van der Waals surface area contributed by atoms with Gasteiger partial charge in [-0.2, -0.15) is 0 Å². The minimum atomic E-state index is -3.74. The van der Waals surface area contributed by atoms with Gasteiger partial charge in [0.1, 0.15) is 0 Å². The zero-order valence-corrected chi connectivity index (χ0v) is 17.4. The van der Waals surface area contributed by atoms with Crippen molar-refractivity contribution in [3.8, 4) is 11.5 Å². The molecule has 11 nitrogen and oxygen atoms in total. The first-order chi connectivity index (χ1) is 14.6. The normalized spacial score (nSPS) is 9.90. The number of carboxylic acids is 1. The maximum Gasteiger partial charge on any atom is 0.335 e. The van der Waals surface area contributed by atoms with E-state index in [1.165, 1.54) is 26.4 Å². The molecule has 5 N–H and O–H groups in total. The molecule has 0 amide bonds. The molecule has 0 aliphatic heterocycles. The zero-order valence-electron chi connectivity index (χ0n) is 16.6. The number of aromatic amines is 2. The summed E-state index contributed by atoms with van der Waals surface area (Å²) in [5.74, 6) is -0.420. The fourth-order valence-electron chi connectivity index (χ4n) is 1.92. The number of methoxy groups -OCH3 is 2. The molecule has 2 heterocycles. The van der Waals surface area contributed by atoms with Crippen LogP contribution in [0.1, 0.15) is 10.4 Å². The summed E-state index contributed by atoms with van der Waals surface area (Å²) in [5, 5.41) is 13.3. The number of hydrogen-bond donors (Lipinski definition) is 4. The monoisotopic (exact) mass is 451 g/mol. The van der Waals surface area contributed by atoms with Crippen molar-refractivity contribution in [2.24, 2.45) is 5.14 Å². The minimum Gasteiger partial charge on any atom is -0.491 e. The smallest absolute Gasteiger partial charge is 0.335 e. The molecule has 0 aliphatic carbocycles. The van der Waals surface area contributed by atoms with E-state index in [-0.39, 0.29) is 21.6 Å². The summed E-state index contributed by atoms with van der Waals surface area (Å²) in [6, 6.07) is 11.3. The summed E-state index contributed by atoms with van der Waals surface area (Å²) in [5.41, 5.74) is -0.368. The number of carboxylic acid groups (broad SMARTS) is 1. The lowest BCUT2D eigenvalue weighted by molar-refractivity contribution is 0.0696. The number of H-pyrrole nitrogens is 2. The summed E-state index contributed by atoms with van der Waals surface area (Å²) in [6.45, 7) is 0. The number of nitrogens with two attached hydrogens (primary N) is 1. The third kappa shape index (κ3) is 8.55. The molecule has 1 aromatic carbocycles. The van der Waals surface area contributed by atoms with Crippen LogP contribution in [-0.4, -0.2) is 43.7 Å². The molecule has 0 bridgehead atoms. The Balaban J connectivity index is 0.000000239. The standard InChI is InChI=1S/C7H7NO4S.2C6H7NO2/c8-13(11,12)6-3-1-5(2-4-6)7(9)10;2*1-9-5-3-2-4-7-6(5)8/h1-4H,(H,9,10)(H2,8,11,12);2*2-4H,1H3,(H,7,8). The van der Waals surface area contributed by atoms with Gasteiger partial charge in [0.05, 0.1) is 24.7 Å². The number of pyridine rings is 2. The molecular formula is C19H21N3O8S. The second kappa shape index (κ2) is 11.9. The van der Waals surface area contributed by atoms with E-state index in [2.05, 4.69) is 9.97 Å². The van der Waals surface area contributed by atoms with Crippen LogP contribution >= 0.6 is 0 Å². The lowest BCUT2D eigenvalue weighted by atomic mass is 10.2. The maximum atomic E-state index is 10.7. The highest BCUT2D eigenvalue weighted by atomic mass is 32.2. The first-order valence-corrected chi connectivity index (χ1v) is 9.94. The highest BCUT2D eigenvalue weighted by Gasteiger charge is 2.08. The number of benzene rings is 1. The van der Waals surface area contributed by atoms with Crippen molar-refractivity contribution in [2.75, 3.05) is 14.2 Å². The van der Waals surface area contributed by atoms with Gasteiger partial charge in [0.2, 0.25) is 10.0 Å². The lowest BCUT2D eigenvalue weighted by Crippen LogP contribution is -2.12. The van der Waals surface area contributed by atoms with Crippen LogP contribution in [0.25, 0.3) is 0 Å². The van der Waals surface area contributed by atoms with Crippen LogP contribution < -0.4 is 25.7 Å². The van der Waals surface area contributed by atoms with E-state index in [4.69, 9.17) is 19.7 Å². The quantitative estimate of drug-likeness (QED) is 0.449. The third-order valence-electron chi connectivity index (χ3n) is 3.43. The van der Waals surface area contributed by atoms with Crippen LogP contribution in [0.4, 0.5) is 0 Å². The van der Waals surface area contributed by atoms with Crippen LogP contribution in [0.2, 0.25) is 0 Å². The first-order valence-electron chi connectivity index (χ1n) is 8.39. The van der Waals surface area contributed by atoms with Crippen LogP contribution in [-0.2, 0) is 10.0 Å². The van der Waals surface area contributed by atoms with Crippen LogP contribution in [0.5, 0.6) is 11.5 Å². The van der Waals surface area contributed by atoms with Crippen molar-refractivity contribution < 1.29 is 27.8 Å². The molecule has 0 radical (unpaired) electrons. The number of aromatic carboxylic acids is 1. The van der Waals surface area contributed by atoms with Crippen molar-refractivity contribution >= 4 is 16.0 Å². The van der Waals surface area contributed by atoms with E-state index in [1.807, 2.05) is 0 Å². The highest BCUT2D eigenvalue weighted by Crippen LogP contribution is 2.08. The summed E-state index contributed by atoms with van der Waals surface area (Å²) >= 11 is 0. The highest BCUT2D eigenvalue weighted by molar-refractivity contribution is 7.89. The third-order valence-corrected chi connectivity index (χ3v) is 4.36. The topological polar surface area (TPSA) is 182 Å². The summed E-state index contributed by atoms with van der Waals surface area (Å²) < 4.78 is 30.9. The second-order valence-corrected chi connectivity index (χ2v) is 7.07. The average molecular weight is 451 g/mol. The molecule has 0 saturated heterocycles. The molecule has 0 unspecified atom stereocenters. The minimum absolute atomic E-state index is 0.0207. The molecule has 0 aliphatic rings. The molecule has 3 aromatic rings. The first kappa shape index (κ1) is 25.1. The van der Waals surface area contributed by atoms with E-state index < -0.39 is 16.0 Å². The van der Waals surface area contributed by atoms with E-state index >= 15 is 0 Å². The zero-order chi connectivity index (χ0) is 23.4. The number of sulfonamides is 1. The van der Waals surface area contributed by atoms with Gasteiger partial charge < -0.3 is 24.5 Å². The molecule has 31 heavy (non-hydrogen) atoms. The fraction of sp³-hybridized carbons (Fsp3) is 0.105. The molecule has 3 rings (SSSR count). The van der Waals surface area contributed by atoms with Gasteiger partial charge in [-0.3, -0.25) is 9.59 Å². The Labute approximate surface area is 177 Å². The number of carbonyl (C=O) groups is 1. The Morgan fingerprint density at radius 1 is 0.871 bits per heavy atom. The average Bonchev–Trinajstić information content (AvgIpc) is 2.75. The van der Waals surface area contributed by atoms with Crippen molar-refractivity contribution in [2.45, 2.75) is 4.90 Å². The molecule has 0 atom stereocenters. The SMILES string of the molecule is COc1ccc[nH]c1=O.COc1ccc[nH]c1=O.NS(=O)(=O)c1ccc(C(=O)O)cc1. The lowest BCUT2D eigenvalue weighted by Gasteiger charge is -1.97. The number of aromatic nitrogens is 2. The predicted molar refractivity (Wildman–Crippen MR) is 112 cm³/mol. The van der Waals surface area contributed by atoms with Crippen molar-refractivity contribution in [1.82, 2.24) is 9.97 Å². The molecule has 0 saturated carbocycles. The largest absolute Gasteiger partial charge is 0.491 e. The van der Waals surface area contributed by atoms with Gasteiger partial charge in [-0.05, 0) is 48.5 Å². The van der Waals surface area contributed by atoms with Gasteiger partial charge in [-0.1, -0.05) is 0 Å². The molecule has 0 spiro atoms. The number of nitrogens with one attached hydrogen (secondary N) is 2. The van der Waals surface area contributed by atoms with Gasteiger partial charge in [0.25, 0.3) is 11.1 Å². The Morgan fingerprint density at radius 2 is 1.29 bits per heavy atom. The van der Waals surface area contributed by atoms with Crippen molar-refractivity contribution in [3.05, 3.63) is 87.2 Å². The number of ether oxygens (including phenoxy) is 2. The van der Waals surface area contributed by atoms with E-state index in [9.17, 15) is 22.8 Å². The summed E-state index contributed by atoms with van der Waals surface area (Å²) in [4.78, 5) is 36.6. The van der Waals surface area contributed by atoms with Crippen LogP contribution in [0, 0.1) is 0 Å². The number of hydrogen-bond acceptors (Lipinski definition) is 7. The molecular weight excluding hydrogens is 430 g/mol. The van der Waals surface area contributed by atoms with Crippen LogP contribution in [0.3, 0.4) is 0 Å². The van der Waals surface area contributed by atoms with Crippen LogP contribution in [0.15, 0.2) is 75.4 Å². The summed E-state index contributed by atoms with van der Waals surface area (Å²) in [6.07, 6.45) is 3.12. The Bertz CT molecular complexity index is 1150. The molecule has 12 heteroatoms. The molecule has 2 aromatic heterocycles. The predicted octanol–water partition coefficient (Wildman–Crippen LogP) is 0.799. The van der Waals surface area contributed by atoms with Gasteiger partial charge >= 0.3 is 5.97 Å². The summed E-state index contributed by atoms with van der Waals surface area (Å²) in [7, 11) is -0.812. The van der Waals surface area contributed by atoms with Gasteiger partial charge in [0.15, 0.2) is 11.5 Å². The Kier molecular flexibility index (Phi) is 9.69. The van der Waals surface area contributed by atoms with Crippen molar-refractivity contribution in [3.63, 3.8) is 0 Å². The van der Waals surface area contributed by atoms with E-state index in [0.29, 0.717) is 11.5 Å². The second-order valence-electron chi connectivity index (χ2n) is 5.51. The van der Waals surface area contributed by atoms with Gasteiger partial charge in [-0.15, -0.1) is 0 Å².